The maximum atomic E-state index is 12.3. The molecule has 0 saturated carbocycles. The highest BCUT2D eigenvalue weighted by Gasteiger charge is 2.12. The van der Waals surface area contributed by atoms with Crippen LogP contribution in [0.4, 0.5) is 0 Å². The summed E-state index contributed by atoms with van der Waals surface area (Å²) >= 11 is 0. The molecule has 1 aliphatic heterocycles. The SMILES string of the molecule is COc1ccc(/C=C/C(=O)NCc2ccccc2CN2CCCCC2)cc1OC. The minimum absolute atomic E-state index is 0.118. The lowest BCUT2D eigenvalue weighted by atomic mass is 10.0. The second kappa shape index (κ2) is 10.7. The van der Waals surface area contributed by atoms with E-state index in [1.165, 1.54) is 30.4 Å². The minimum Gasteiger partial charge on any atom is -0.493 e. The molecule has 2 aromatic rings. The van der Waals surface area contributed by atoms with E-state index in [-0.39, 0.29) is 5.91 Å². The molecular weight excluding hydrogens is 364 g/mol. The standard InChI is InChI=1S/C24H30N2O3/c1-28-22-12-10-19(16-23(22)29-2)11-13-24(27)25-17-20-8-4-5-9-21(20)18-26-14-6-3-7-15-26/h4-5,8-13,16H,3,6-7,14-15,17-18H2,1-2H3,(H,25,27)/b13-11+. The zero-order chi connectivity index (χ0) is 20.5. The van der Waals surface area contributed by atoms with Crippen LogP contribution in [0.3, 0.4) is 0 Å². The maximum absolute atomic E-state index is 12.3. The first-order chi connectivity index (χ1) is 14.2. The number of rotatable bonds is 8. The Morgan fingerprint density at radius 3 is 2.45 bits per heavy atom. The monoisotopic (exact) mass is 394 g/mol. The summed E-state index contributed by atoms with van der Waals surface area (Å²) < 4.78 is 10.5. The predicted octanol–water partition coefficient (Wildman–Crippen LogP) is 4.02. The Balaban J connectivity index is 1.57. The van der Waals surface area contributed by atoms with E-state index in [9.17, 15) is 4.79 Å². The van der Waals surface area contributed by atoms with Crippen molar-refractivity contribution in [3.63, 3.8) is 0 Å². The van der Waals surface area contributed by atoms with Crippen molar-refractivity contribution < 1.29 is 14.3 Å². The fraction of sp³-hybridized carbons (Fsp3) is 0.375. The van der Waals surface area contributed by atoms with Crippen LogP contribution in [-0.4, -0.2) is 38.1 Å². The number of carbonyl (C=O) groups excluding carboxylic acids is 1. The van der Waals surface area contributed by atoms with Crippen molar-refractivity contribution in [2.45, 2.75) is 32.4 Å². The molecule has 1 N–H and O–H groups in total. The molecule has 0 atom stereocenters. The van der Waals surface area contributed by atoms with Crippen LogP contribution >= 0.6 is 0 Å². The lowest BCUT2D eigenvalue weighted by Gasteiger charge is -2.27. The van der Waals surface area contributed by atoms with E-state index in [1.54, 1.807) is 26.4 Å². The van der Waals surface area contributed by atoms with Crippen molar-refractivity contribution >= 4 is 12.0 Å². The molecule has 1 heterocycles. The molecule has 29 heavy (non-hydrogen) atoms. The molecule has 2 aromatic carbocycles. The van der Waals surface area contributed by atoms with E-state index in [2.05, 4.69) is 28.4 Å². The van der Waals surface area contributed by atoms with Crippen molar-refractivity contribution in [2.24, 2.45) is 0 Å². The number of benzene rings is 2. The van der Waals surface area contributed by atoms with Gasteiger partial charge in [0.15, 0.2) is 11.5 Å². The van der Waals surface area contributed by atoms with Gasteiger partial charge >= 0.3 is 0 Å². The van der Waals surface area contributed by atoms with Crippen LogP contribution in [0.15, 0.2) is 48.5 Å². The number of likely N-dealkylation sites (tertiary alicyclic amines) is 1. The van der Waals surface area contributed by atoms with Gasteiger partial charge in [0.2, 0.25) is 5.91 Å². The van der Waals surface area contributed by atoms with Crippen molar-refractivity contribution in [2.75, 3.05) is 27.3 Å². The second-order valence-corrected chi connectivity index (χ2v) is 7.27. The Bertz CT molecular complexity index is 842. The quantitative estimate of drug-likeness (QED) is 0.687. The summed E-state index contributed by atoms with van der Waals surface area (Å²) in [5.74, 6) is 1.19. The molecule has 0 aromatic heterocycles. The Kier molecular flexibility index (Phi) is 7.70. The summed E-state index contributed by atoms with van der Waals surface area (Å²) in [5, 5.41) is 3.00. The number of hydrogen-bond donors (Lipinski definition) is 1. The first-order valence-electron chi connectivity index (χ1n) is 10.2. The highest BCUT2D eigenvalue weighted by atomic mass is 16.5. The minimum atomic E-state index is -0.118. The van der Waals surface area contributed by atoms with Gasteiger partial charge in [0.25, 0.3) is 0 Å². The van der Waals surface area contributed by atoms with Crippen LogP contribution in [0.1, 0.15) is 36.0 Å². The summed E-state index contributed by atoms with van der Waals surface area (Å²) in [4.78, 5) is 14.8. The van der Waals surface area contributed by atoms with Gasteiger partial charge in [-0.1, -0.05) is 36.8 Å². The number of hydrogen-bond acceptors (Lipinski definition) is 4. The van der Waals surface area contributed by atoms with E-state index in [0.717, 1.165) is 25.2 Å². The number of nitrogens with zero attached hydrogens (tertiary/aromatic N) is 1. The predicted molar refractivity (Wildman–Crippen MR) is 116 cm³/mol. The fourth-order valence-electron chi connectivity index (χ4n) is 3.61. The van der Waals surface area contributed by atoms with Gasteiger partial charge in [-0.2, -0.15) is 0 Å². The molecule has 3 rings (SSSR count). The van der Waals surface area contributed by atoms with Gasteiger partial charge in [-0.15, -0.1) is 0 Å². The van der Waals surface area contributed by atoms with E-state index < -0.39 is 0 Å². The zero-order valence-electron chi connectivity index (χ0n) is 17.3. The number of nitrogens with one attached hydrogen (secondary N) is 1. The fourth-order valence-corrected chi connectivity index (χ4v) is 3.61. The Hall–Kier alpha value is -2.79. The number of carbonyl (C=O) groups is 1. The van der Waals surface area contributed by atoms with Crippen molar-refractivity contribution in [1.82, 2.24) is 10.2 Å². The molecule has 5 nitrogen and oxygen atoms in total. The van der Waals surface area contributed by atoms with Gasteiger partial charge in [-0.05, 0) is 60.8 Å². The first kappa shape index (κ1) is 20.9. The average Bonchev–Trinajstić information content (AvgIpc) is 2.77. The first-order valence-corrected chi connectivity index (χ1v) is 10.2. The van der Waals surface area contributed by atoms with Crippen molar-refractivity contribution in [3.05, 3.63) is 65.2 Å². The molecule has 0 aliphatic carbocycles. The zero-order valence-corrected chi connectivity index (χ0v) is 17.3. The van der Waals surface area contributed by atoms with Crippen LogP contribution in [-0.2, 0) is 17.9 Å². The highest BCUT2D eigenvalue weighted by molar-refractivity contribution is 5.91. The molecule has 0 radical (unpaired) electrons. The third-order valence-electron chi connectivity index (χ3n) is 5.25. The number of piperidine rings is 1. The van der Waals surface area contributed by atoms with Gasteiger partial charge in [0, 0.05) is 19.2 Å². The van der Waals surface area contributed by atoms with Gasteiger partial charge in [-0.25, -0.2) is 0 Å². The molecule has 1 amide bonds. The Morgan fingerprint density at radius 2 is 1.72 bits per heavy atom. The number of methoxy groups -OCH3 is 2. The van der Waals surface area contributed by atoms with E-state index >= 15 is 0 Å². The summed E-state index contributed by atoms with van der Waals surface area (Å²) in [7, 11) is 3.20. The molecule has 0 spiro atoms. The van der Waals surface area contributed by atoms with E-state index in [0.29, 0.717) is 18.0 Å². The second-order valence-electron chi connectivity index (χ2n) is 7.27. The summed E-state index contributed by atoms with van der Waals surface area (Å²) in [6.45, 7) is 3.80. The van der Waals surface area contributed by atoms with Gasteiger partial charge < -0.3 is 14.8 Å². The van der Waals surface area contributed by atoms with Gasteiger partial charge in [0.1, 0.15) is 0 Å². The molecular formula is C24H30N2O3. The highest BCUT2D eigenvalue weighted by Crippen LogP contribution is 2.27. The van der Waals surface area contributed by atoms with Crippen LogP contribution < -0.4 is 14.8 Å². The van der Waals surface area contributed by atoms with Crippen LogP contribution in [0.5, 0.6) is 11.5 Å². The lowest BCUT2D eigenvalue weighted by molar-refractivity contribution is -0.116. The molecule has 154 valence electrons. The molecule has 1 aliphatic rings. The Morgan fingerprint density at radius 1 is 1.00 bits per heavy atom. The molecule has 0 unspecified atom stereocenters. The summed E-state index contributed by atoms with van der Waals surface area (Å²) in [6.07, 6.45) is 7.21. The molecule has 5 heteroatoms. The van der Waals surface area contributed by atoms with Crippen molar-refractivity contribution in [1.29, 1.82) is 0 Å². The van der Waals surface area contributed by atoms with Gasteiger partial charge in [0.05, 0.1) is 14.2 Å². The Labute approximate surface area is 173 Å². The van der Waals surface area contributed by atoms with E-state index in [1.807, 2.05) is 24.3 Å². The summed E-state index contributed by atoms with van der Waals surface area (Å²) in [6, 6.07) is 13.9. The van der Waals surface area contributed by atoms with Crippen LogP contribution in [0.25, 0.3) is 6.08 Å². The van der Waals surface area contributed by atoms with Gasteiger partial charge in [-0.3, -0.25) is 9.69 Å². The third-order valence-corrected chi connectivity index (χ3v) is 5.25. The molecule has 1 fully saturated rings. The topological polar surface area (TPSA) is 50.8 Å². The van der Waals surface area contributed by atoms with E-state index in [4.69, 9.17) is 9.47 Å². The number of ether oxygens (including phenoxy) is 2. The summed E-state index contributed by atoms with van der Waals surface area (Å²) in [5.41, 5.74) is 3.34. The molecule has 1 saturated heterocycles. The smallest absolute Gasteiger partial charge is 0.244 e. The average molecular weight is 395 g/mol. The van der Waals surface area contributed by atoms with Crippen molar-refractivity contribution in [3.8, 4) is 11.5 Å². The third kappa shape index (κ3) is 6.09. The number of amides is 1. The van der Waals surface area contributed by atoms with Crippen LogP contribution in [0, 0.1) is 0 Å². The normalized spacial score (nSPS) is 14.7. The molecule has 0 bridgehead atoms. The van der Waals surface area contributed by atoms with Crippen LogP contribution in [0.2, 0.25) is 0 Å². The largest absolute Gasteiger partial charge is 0.493 e. The lowest BCUT2D eigenvalue weighted by Crippen LogP contribution is -2.30. The maximum Gasteiger partial charge on any atom is 0.244 e.